The van der Waals surface area contributed by atoms with E-state index in [-0.39, 0.29) is 11.2 Å². The molecule has 156 valence electrons. The first-order valence-corrected chi connectivity index (χ1v) is 11.2. The number of hydrogen-bond donors (Lipinski definition) is 1. The largest absolute Gasteiger partial charge is 0.497 e. The molecule has 2 atom stereocenters. The average molecular weight is 422 g/mol. The first-order valence-electron chi connectivity index (χ1n) is 10.0. The van der Waals surface area contributed by atoms with Crippen molar-refractivity contribution in [1.29, 1.82) is 0 Å². The molecule has 3 aromatic carbocycles. The molecule has 0 aliphatic heterocycles. The molecule has 0 spiro atoms. The van der Waals surface area contributed by atoms with Gasteiger partial charge in [-0.3, -0.25) is 9.00 Å². The van der Waals surface area contributed by atoms with Crippen LogP contribution in [0.1, 0.15) is 39.6 Å². The van der Waals surface area contributed by atoms with Crippen molar-refractivity contribution in [1.82, 2.24) is 5.32 Å². The van der Waals surface area contributed by atoms with Crippen molar-refractivity contribution in [2.24, 2.45) is 0 Å². The first-order chi connectivity index (χ1) is 14.6. The molecule has 0 fully saturated rings. The number of carbonyl (C=O) groups is 1. The summed E-state index contributed by atoms with van der Waals surface area (Å²) in [6, 6.07) is 25.1. The second-order valence-corrected chi connectivity index (χ2v) is 8.62. The van der Waals surface area contributed by atoms with Crippen LogP contribution < -0.4 is 10.1 Å². The third-order valence-electron chi connectivity index (χ3n) is 5.10. The van der Waals surface area contributed by atoms with Crippen LogP contribution in [0.3, 0.4) is 0 Å². The van der Waals surface area contributed by atoms with Gasteiger partial charge in [0.25, 0.3) is 5.91 Å². The first kappa shape index (κ1) is 21.8. The maximum Gasteiger partial charge on any atom is 0.252 e. The van der Waals surface area contributed by atoms with Crippen molar-refractivity contribution in [3.8, 4) is 5.75 Å². The standard InChI is InChI=1S/C25H27NO3S/c1-26-25(27)22-12-6-7-13-24(22)30(28)23(20-15-17-21(29-2)18-16-20)14-8-11-19-9-4-3-5-10-19/h3-7,9-10,12-13,15-18,23H,8,11,14H2,1-2H3,(H,26,27)/t23-,30?/m1/s1. The van der Waals surface area contributed by atoms with E-state index in [4.69, 9.17) is 4.74 Å². The van der Waals surface area contributed by atoms with E-state index in [1.54, 1.807) is 32.4 Å². The fourth-order valence-electron chi connectivity index (χ4n) is 3.47. The van der Waals surface area contributed by atoms with Gasteiger partial charge in [-0.1, -0.05) is 54.6 Å². The number of aryl methyl sites for hydroxylation is 1. The molecular weight excluding hydrogens is 394 g/mol. The molecular formula is C25H27NO3S. The predicted octanol–water partition coefficient (Wildman–Crippen LogP) is 4.93. The van der Waals surface area contributed by atoms with Gasteiger partial charge in [-0.05, 0) is 54.7 Å². The molecule has 0 saturated carbocycles. The summed E-state index contributed by atoms with van der Waals surface area (Å²) < 4.78 is 19.0. The highest BCUT2D eigenvalue weighted by Gasteiger charge is 2.24. The number of amides is 1. The molecule has 0 bridgehead atoms. The van der Waals surface area contributed by atoms with Crippen LogP contribution >= 0.6 is 0 Å². The van der Waals surface area contributed by atoms with Crippen LogP contribution in [-0.4, -0.2) is 24.3 Å². The molecule has 0 radical (unpaired) electrons. The number of rotatable bonds is 9. The van der Waals surface area contributed by atoms with Gasteiger partial charge in [0.1, 0.15) is 5.75 Å². The number of benzene rings is 3. The molecule has 0 aromatic heterocycles. The molecule has 5 heteroatoms. The van der Waals surface area contributed by atoms with Gasteiger partial charge in [-0.2, -0.15) is 0 Å². The fraction of sp³-hybridized carbons (Fsp3) is 0.240. The summed E-state index contributed by atoms with van der Waals surface area (Å²) in [6.45, 7) is 0. The zero-order chi connectivity index (χ0) is 21.3. The van der Waals surface area contributed by atoms with Crippen molar-refractivity contribution < 1.29 is 13.7 Å². The normalized spacial score (nSPS) is 12.7. The Balaban J connectivity index is 1.88. The SMILES string of the molecule is CNC(=O)c1ccccc1S(=O)[C@H](CCCc1ccccc1)c1ccc(OC)cc1. The fourth-order valence-corrected chi connectivity index (χ4v) is 5.15. The maximum atomic E-state index is 13.7. The molecule has 3 aromatic rings. The zero-order valence-electron chi connectivity index (χ0n) is 17.3. The molecule has 30 heavy (non-hydrogen) atoms. The predicted molar refractivity (Wildman–Crippen MR) is 121 cm³/mol. The van der Waals surface area contributed by atoms with E-state index in [1.165, 1.54) is 5.56 Å². The topological polar surface area (TPSA) is 55.4 Å². The van der Waals surface area contributed by atoms with Crippen LogP contribution in [-0.2, 0) is 17.2 Å². The smallest absolute Gasteiger partial charge is 0.252 e. The Morgan fingerprint density at radius 1 is 0.967 bits per heavy atom. The number of methoxy groups -OCH3 is 1. The Labute approximate surface area is 180 Å². The summed E-state index contributed by atoms with van der Waals surface area (Å²) >= 11 is 0. The Bertz CT molecular complexity index is 987. The molecule has 0 aliphatic rings. The van der Waals surface area contributed by atoms with E-state index in [0.29, 0.717) is 10.5 Å². The van der Waals surface area contributed by atoms with Crippen LogP contribution in [0.4, 0.5) is 0 Å². The van der Waals surface area contributed by atoms with E-state index in [9.17, 15) is 9.00 Å². The number of hydrogen-bond acceptors (Lipinski definition) is 3. The highest BCUT2D eigenvalue weighted by atomic mass is 32.2. The monoisotopic (exact) mass is 421 g/mol. The van der Waals surface area contributed by atoms with Gasteiger partial charge in [0.15, 0.2) is 0 Å². The number of ether oxygens (including phenoxy) is 1. The lowest BCUT2D eigenvalue weighted by atomic mass is 10.0. The van der Waals surface area contributed by atoms with Gasteiger partial charge in [0.05, 0.1) is 33.6 Å². The summed E-state index contributed by atoms with van der Waals surface area (Å²) in [4.78, 5) is 12.9. The molecule has 0 heterocycles. The van der Waals surface area contributed by atoms with Gasteiger partial charge >= 0.3 is 0 Å². The Morgan fingerprint density at radius 2 is 1.63 bits per heavy atom. The molecule has 1 N–H and O–H groups in total. The Kier molecular flexibility index (Phi) is 7.80. The van der Waals surface area contributed by atoms with Crippen molar-refractivity contribution >= 4 is 16.7 Å². The summed E-state index contributed by atoms with van der Waals surface area (Å²) in [5, 5.41) is 2.43. The molecule has 0 aliphatic carbocycles. The van der Waals surface area contributed by atoms with Crippen LogP contribution in [0.2, 0.25) is 0 Å². The maximum absolute atomic E-state index is 13.7. The Hall–Kier alpha value is -2.92. The van der Waals surface area contributed by atoms with E-state index in [1.807, 2.05) is 48.5 Å². The summed E-state index contributed by atoms with van der Waals surface area (Å²) in [5.41, 5.74) is 2.70. The van der Waals surface area contributed by atoms with Crippen LogP contribution in [0.25, 0.3) is 0 Å². The highest BCUT2D eigenvalue weighted by molar-refractivity contribution is 7.85. The quantitative estimate of drug-likeness (QED) is 0.533. The van der Waals surface area contributed by atoms with Gasteiger partial charge in [0.2, 0.25) is 0 Å². The number of nitrogens with one attached hydrogen (secondary N) is 1. The van der Waals surface area contributed by atoms with E-state index < -0.39 is 10.8 Å². The molecule has 0 saturated heterocycles. The van der Waals surface area contributed by atoms with Crippen molar-refractivity contribution in [2.45, 2.75) is 29.4 Å². The Morgan fingerprint density at radius 3 is 2.30 bits per heavy atom. The third-order valence-corrected chi connectivity index (χ3v) is 6.91. The van der Waals surface area contributed by atoms with E-state index in [0.717, 1.165) is 30.6 Å². The zero-order valence-corrected chi connectivity index (χ0v) is 18.2. The van der Waals surface area contributed by atoms with E-state index >= 15 is 0 Å². The lowest BCUT2D eigenvalue weighted by Crippen LogP contribution is -2.21. The van der Waals surface area contributed by atoms with Crippen molar-refractivity contribution in [3.63, 3.8) is 0 Å². The average Bonchev–Trinajstić information content (AvgIpc) is 2.82. The van der Waals surface area contributed by atoms with Gasteiger partial charge in [0, 0.05) is 7.05 Å². The second-order valence-electron chi connectivity index (χ2n) is 7.01. The van der Waals surface area contributed by atoms with Crippen LogP contribution in [0, 0.1) is 0 Å². The van der Waals surface area contributed by atoms with Gasteiger partial charge < -0.3 is 10.1 Å². The lowest BCUT2D eigenvalue weighted by Gasteiger charge is -2.19. The van der Waals surface area contributed by atoms with Crippen molar-refractivity contribution in [2.75, 3.05) is 14.2 Å². The highest BCUT2D eigenvalue weighted by Crippen LogP contribution is 2.32. The minimum atomic E-state index is -1.37. The van der Waals surface area contributed by atoms with E-state index in [2.05, 4.69) is 17.4 Å². The molecule has 3 rings (SSSR count). The molecule has 1 amide bonds. The number of carbonyl (C=O) groups excluding carboxylic acids is 1. The molecule has 1 unspecified atom stereocenters. The van der Waals surface area contributed by atoms with Gasteiger partial charge in [-0.25, -0.2) is 0 Å². The van der Waals surface area contributed by atoms with Crippen LogP contribution in [0.5, 0.6) is 5.75 Å². The third kappa shape index (κ3) is 5.36. The minimum Gasteiger partial charge on any atom is -0.497 e. The lowest BCUT2D eigenvalue weighted by molar-refractivity contribution is 0.0960. The minimum absolute atomic E-state index is 0.217. The van der Waals surface area contributed by atoms with Crippen LogP contribution in [0.15, 0.2) is 83.8 Å². The van der Waals surface area contributed by atoms with Gasteiger partial charge in [-0.15, -0.1) is 0 Å². The molecule has 4 nitrogen and oxygen atoms in total. The summed E-state index contributed by atoms with van der Waals surface area (Å²) in [6.07, 6.45) is 2.56. The van der Waals surface area contributed by atoms with Crippen molar-refractivity contribution in [3.05, 3.63) is 95.6 Å². The summed E-state index contributed by atoms with van der Waals surface area (Å²) in [7, 11) is 1.84. The summed E-state index contributed by atoms with van der Waals surface area (Å²) in [5.74, 6) is 0.537. The second kappa shape index (κ2) is 10.7.